The summed E-state index contributed by atoms with van der Waals surface area (Å²) in [5, 5.41) is 13.7. The van der Waals surface area contributed by atoms with Gasteiger partial charge in [0, 0.05) is 5.69 Å². The van der Waals surface area contributed by atoms with Crippen LogP contribution in [0.25, 0.3) is 0 Å². The molecule has 5 nitrogen and oxygen atoms in total. The minimum atomic E-state index is -0.572. The van der Waals surface area contributed by atoms with Crippen LogP contribution >= 0.6 is 0 Å². The van der Waals surface area contributed by atoms with Crippen LogP contribution in [-0.2, 0) is 0 Å². The molecule has 0 heterocycles. The number of rotatable bonds is 2. The molecule has 0 atom stereocenters. The number of hydrogen-bond acceptors (Lipinski definition) is 3. The molecule has 100 valence electrons. The van der Waals surface area contributed by atoms with Gasteiger partial charge in [-0.25, -0.2) is 9.18 Å². The topological polar surface area (TPSA) is 90.9 Å². The van der Waals surface area contributed by atoms with E-state index in [0.717, 1.165) is 6.07 Å². The first-order valence-electron chi connectivity index (χ1n) is 5.71. The standard InChI is InChI=1S/C14H11FN4O/c15-10-4-5-12(17)13(7-10)19-14(20)18-11-3-1-2-9(6-11)8-16/h1-7H,17H2,(H2,18,19,20). The Balaban J connectivity index is 2.09. The van der Waals surface area contributed by atoms with Crippen molar-refractivity contribution in [2.45, 2.75) is 0 Å². The number of carbonyl (C=O) groups excluding carboxylic acids is 1. The van der Waals surface area contributed by atoms with E-state index in [1.54, 1.807) is 18.2 Å². The summed E-state index contributed by atoms with van der Waals surface area (Å²) in [4.78, 5) is 11.8. The highest BCUT2D eigenvalue weighted by Gasteiger charge is 2.07. The smallest absolute Gasteiger partial charge is 0.323 e. The summed E-state index contributed by atoms with van der Waals surface area (Å²) in [6, 6.07) is 11.5. The van der Waals surface area contributed by atoms with Crippen molar-refractivity contribution in [1.29, 1.82) is 5.26 Å². The number of nitrogens with two attached hydrogens (primary N) is 1. The first-order valence-corrected chi connectivity index (χ1v) is 5.71. The number of carbonyl (C=O) groups is 1. The van der Waals surface area contributed by atoms with E-state index in [9.17, 15) is 9.18 Å². The summed E-state index contributed by atoms with van der Waals surface area (Å²) < 4.78 is 13.1. The molecular weight excluding hydrogens is 259 g/mol. The zero-order chi connectivity index (χ0) is 14.5. The van der Waals surface area contributed by atoms with Crippen molar-refractivity contribution in [3.05, 3.63) is 53.8 Å². The van der Waals surface area contributed by atoms with Gasteiger partial charge in [0.25, 0.3) is 0 Å². The molecule has 2 rings (SSSR count). The van der Waals surface area contributed by atoms with Crippen LogP contribution in [-0.4, -0.2) is 6.03 Å². The van der Waals surface area contributed by atoms with Crippen molar-refractivity contribution in [2.75, 3.05) is 16.4 Å². The fourth-order valence-electron chi connectivity index (χ4n) is 1.59. The fourth-order valence-corrected chi connectivity index (χ4v) is 1.59. The lowest BCUT2D eigenvalue weighted by Gasteiger charge is -2.09. The lowest BCUT2D eigenvalue weighted by molar-refractivity contribution is 0.262. The summed E-state index contributed by atoms with van der Waals surface area (Å²) in [6.45, 7) is 0. The normalized spacial score (nSPS) is 9.60. The van der Waals surface area contributed by atoms with E-state index in [1.165, 1.54) is 18.2 Å². The first kappa shape index (κ1) is 13.4. The van der Waals surface area contributed by atoms with Crippen molar-refractivity contribution in [3.8, 4) is 6.07 Å². The molecule has 0 saturated carbocycles. The molecule has 2 aromatic rings. The molecule has 2 aromatic carbocycles. The van der Waals surface area contributed by atoms with E-state index in [4.69, 9.17) is 11.0 Å². The molecule has 0 aliphatic rings. The Labute approximate surface area is 114 Å². The van der Waals surface area contributed by atoms with E-state index >= 15 is 0 Å². The van der Waals surface area contributed by atoms with Crippen molar-refractivity contribution < 1.29 is 9.18 Å². The molecule has 20 heavy (non-hydrogen) atoms. The van der Waals surface area contributed by atoms with Crippen LogP contribution in [0.4, 0.5) is 26.2 Å². The first-order chi connectivity index (χ1) is 9.58. The van der Waals surface area contributed by atoms with Gasteiger partial charge in [0.05, 0.1) is 23.0 Å². The molecule has 2 amide bonds. The molecule has 6 heteroatoms. The number of nitrogens with one attached hydrogen (secondary N) is 2. The van der Waals surface area contributed by atoms with Crippen LogP contribution < -0.4 is 16.4 Å². The van der Waals surface area contributed by atoms with E-state index in [2.05, 4.69) is 10.6 Å². The van der Waals surface area contributed by atoms with E-state index in [-0.39, 0.29) is 11.4 Å². The Morgan fingerprint density at radius 1 is 1.20 bits per heavy atom. The average Bonchev–Trinajstić information content (AvgIpc) is 2.43. The van der Waals surface area contributed by atoms with Gasteiger partial charge in [0.1, 0.15) is 5.82 Å². The van der Waals surface area contributed by atoms with Gasteiger partial charge in [0.15, 0.2) is 0 Å². The highest BCUT2D eigenvalue weighted by Crippen LogP contribution is 2.19. The maximum absolute atomic E-state index is 13.1. The highest BCUT2D eigenvalue weighted by atomic mass is 19.1. The zero-order valence-corrected chi connectivity index (χ0v) is 10.4. The monoisotopic (exact) mass is 270 g/mol. The summed E-state index contributed by atoms with van der Waals surface area (Å²) in [5.41, 5.74) is 6.94. The largest absolute Gasteiger partial charge is 0.397 e. The van der Waals surface area contributed by atoms with Gasteiger partial charge in [-0.2, -0.15) is 5.26 Å². The van der Waals surface area contributed by atoms with Crippen LogP contribution in [0.2, 0.25) is 0 Å². The second kappa shape index (κ2) is 5.71. The number of nitriles is 1. The number of urea groups is 1. The third kappa shape index (κ3) is 3.23. The zero-order valence-electron chi connectivity index (χ0n) is 10.4. The molecule has 0 bridgehead atoms. The quantitative estimate of drug-likeness (QED) is 0.733. The van der Waals surface area contributed by atoms with Gasteiger partial charge in [-0.3, -0.25) is 0 Å². The molecule has 0 fully saturated rings. The Morgan fingerprint density at radius 3 is 2.75 bits per heavy atom. The van der Waals surface area contributed by atoms with Crippen LogP contribution in [0.5, 0.6) is 0 Å². The van der Waals surface area contributed by atoms with Gasteiger partial charge in [0.2, 0.25) is 0 Å². The fraction of sp³-hybridized carbons (Fsp3) is 0. The van der Waals surface area contributed by atoms with Crippen LogP contribution in [0.1, 0.15) is 5.56 Å². The minimum absolute atomic E-state index is 0.180. The minimum Gasteiger partial charge on any atom is -0.397 e. The van der Waals surface area contributed by atoms with Crippen molar-refractivity contribution in [1.82, 2.24) is 0 Å². The van der Waals surface area contributed by atoms with Gasteiger partial charge in [-0.15, -0.1) is 0 Å². The number of amides is 2. The molecule has 0 aliphatic carbocycles. The number of benzene rings is 2. The molecule has 0 saturated heterocycles. The SMILES string of the molecule is N#Cc1cccc(NC(=O)Nc2cc(F)ccc2N)c1. The Morgan fingerprint density at radius 2 is 2.00 bits per heavy atom. The molecule has 0 radical (unpaired) electrons. The highest BCUT2D eigenvalue weighted by molar-refractivity contribution is 6.01. The van der Waals surface area contributed by atoms with Gasteiger partial charge >= 0.3 is 6.03 Å². The lowest BCUT2D eigenvalue weighted by atomic mass is 10.2. The molecular formula is C14H11FN4O. The van der Waals surface area contributed by atoms with Crippen LogP contribution in [0.3, 0.4) is 0 Å². The Bertz CT molecular complexity index is 694. The maximum atomic E-state index is 13.1. The van der Waals surface area contributed by atoms with Crippen LogP contribution in [0, 0.1) is 17.1 Å². The number of nitrogen functional groups attached to an aromatic ring is 1. The summed E-state index contributed by atoms with van der Waals surface area (Å²) >= 11 is 0. The van der Waals surface area contributed by atoms with Gasteiger partial charge in [-0.05, 0) is 36.4 Å². The van der Waals surface area contributed by atoms with Crippen molar-refractivity contribution in [2.24, 2.45) is 0 Å². The second-order valence-corrected chi connectivity index (χ2v) is 4.00. The molecule has 0 aliphatic heterocycles. The summed E-state index contributed by atoms with van der Waals surface area (Å²) in [6.07, 6.45) is 0. The summed E-state index contributed by atoms with van der Waals surface area (Å²) in [7, 11) is 0. The number of nitrogens with zero attached hydrogens (tertiary/aromatic N) is 1. The molecule has 0 aromatic heterocycles. The van der Waals surface area contributed by atoms with Crippen molar-refractivity contribution >= 4 is 23.1 Å². The van der Waals surface area contributed by atoms with E-state index in [1.807, 2.05) is 6.07 Å². The lowest BCUT2D eigenvalue weighted by Crippen LogP contribution is -2.20. The predicted molar refractivity (Wildman–Crippen MR) is 74.6 cm³/mol. The molecule has 4 N–H and O–H groups in total. The van der Waals surface area contributed by atoms with Gasteiger partial charge < -0.3 is 16.4 Å². The molecule has 0 spiro atoms. The second-order valence-electron chi connectivity index (χ2n) is 4.00. The summed E-state index contributed by atoms with van der Waals surface area (Å²) in [5.74, 6) is -0.499. The van der Waals surface area contributed by atoms with Gasteiger partial charge in [-0.1, -0.05) is 6.07 Å². The average molecular weight is 270 g/mol. The van der Waals surface area contributed by atoms with Crippen LogP contribution in [0.15, 0.2) is 42.5 Å². The third-order valence-corrected chi connectivity index (χ3v) is 2.51. The molecule has 0 unspecified atom stereocenters. The number of anilines is 3. The van der Waals surface area contributed by atoms with E-state index < -0.39 is 11.8 Å². The van der Waals surface area contributed by atoms with E-state index in [0.29, 0.717) is 11.3 Å². The number of halogens is 1. The maximum Gasteiger partial charge on any atom is 0.323 e. The van der Waals surface area contributed by atoms with Crippen molar-refractivity contribution in [3.63, 3.8) is 0 Å². The number of hydrogen-bond donors (Lipinski definition) is 3. The predicted octanol–water partition coefficient (Wildman–Crippen LogP) is 2.92. The Kier molecular flexibility index (Phi) is 3.82. The third-order valence-electron chi connectivity index (χ3n) is 2.51. The Hall–Kier alpha value is -3.07.